The molecular formula is C14H19NO3. The summed E-state index contributed by atoms with van der Waals surface area (Å²) in [5, 5.41) is 0. The fourth-order valence-electron chi connectivity index (χ4n) is 2.51. The molecule has 1 aromatic rings. The summed E-state index contributed by atoms with van der Waals surface area (Å²) in [6.45, 7) is 6.03. The van der Waals surface area contributed by atoms with E-state index < -0.39 is 0 Å². The second-order valence-electron chi connectivity index (χ2n) is 5.43. The molecular weight excluding hydrogens is 230 g/mol. The van der Waals surface area contributed by atoms with E-state index in [0.29, 0.717) is 23.7 Å². The SMILES string of the molecule is Cc1cc2c(c(=O)n1C)C(CC(C)C)CC(=O)O2. The highest BCUT2D eigenvalue weighted by molar-refractivity contribution is 5.76. The molecule has 1 aromatic heterocycles. The van der Waals surface area contributed by atoms with Gasteiger partial charge in [0.1, 0.15) is 5.75 Å². The summed E-state index contributed by atoms with van der Waals surface area (Å²) in [5.41, 5.74) is 1.43. The van der Waals surface area contributed by atoms with Gasteiger partial charge in [-0.15, -0.1) is 0 Å². The van der Waals surface area contributed by atoms with Gasteiger partial charge in [0.05, 0.1) is 12.0 Å². The molecule has 1 unspecified atom stereocenters. The minimum Gasteiger partial charge on any atom is -0.426 e. The zero-order valence-electron chi connectivity index (χ0n) is 11.3. The highest BCUT2D eigenvalue weighted by Gasteiger charge is 2.31. The van der Waals surface area contributed by atoms with Crippen LogP contribution in [0.3, 0.4) is 0 Å². The molecule has 0 N–H and O–H groups in total. The van der Waals surface area contributed by atoms with Gasteiger partial charge >= 0.3 is 5.97 Å². The summed E-state index contributed by atoms with van der Waals surface area (Å²) in [4.78, 5) is 23.9. The third kappa shape index (κ3) is 2.19. The Hall–Kier alpha value is -1.58. The van der Waals surface area contributed by atoms with Crippen molar-refractivity contribution in [2.45, 2.75) is 39.5 Å². The molecule has 2 rings (SSSR count). The second-order valence-corrected chi connectivity index (χ2v) is 5.43. The number of ether oxygens (including phenoxy) is 1. The largest absolute Gasteiger partial charge is 0.426 e. The molecule has 2 heterocycles. The summed E-state index contributed by atoms with van der Waals surface area (Å²) in [6.07, 6.45) is 1.14. The highest BCUT2D eigenvalue weighted by atomic mass is 16.5. The van der Waals surface area contributed by atoms with Crippen LogP contribution in [0.5, 0.6) is 5.75 Å². The van der Waals surface area contributed by atoms with Gasteiger partial charge in [-0.05, 0) is 19.3 Å². The van der Waals surface area contributed by atoms with Gasteiger partial charge in [0.25, 0.3) is 5.56 Å². The van der Waals surface area contributed by atoms with Crippen LogP contribution in [-0.4, -0.2) is 10.5 Å². The number of carbonyl (C=O) groups excluding carboxylic acids is 1. The van der Waals surface area contributed by atoms with Crippen LogP contribution < -0.4 is 10.3 Å². The Labute approximate surface area is 107 Å². The molecule has 0 saturated carbocycles. The molecule has 0 bridgehead atoms. The molecule has 4 nitrogen and oxygen atoms in total. The predicted molar refractivity (Wildman–Crippen MR) is 68.9 cm³/mol. The number of hydrogen-bond donors (Lipinski definition) is 0. The lowest BCUT2D eigenvalue weighted by Gasteiger charge is -2.26. The lowest BCUT2D eigenvalue weighted by atomic mass is 9.86. The average Bonchev–Trinajstić information content (AvgIpc) is 2.24. The van der Waals surface area contributed by atoms with Crippen molar-refractivity contribution in [3.8, 4) is 5.75 Å². The number of carbonyl (C=O) groups is 1. The molecule has 0 fully saturated rings. The van der Waals surface area contributed by atoms with Crippen LogP contribution in [0.25, 0.3) is 0 Å². The maximum absolute atomic E-state index is 12.3. The van der Waals surface area contributed by atoms with E-state index in [9.17, 15) is 9.59 Å². The Bertz CT molecular complexity index is 543. The molecule has 1 aliphatic heterocycles. The van der Waals surface area contributed by atoms with E-state index in [4.69, 9.17) is 4.74 Å². The number of hydrogen-bond acceptors (Lipinski definition) is 3. The number of fused-ring (bicyclic) bond motifs is 1. The summed E-state index contributed by atoms with van der Waals surface area (Å²) < 4.78 is 6.82. The van der Waals surface area contributed by atoms with Gasteiger partial charge in [0, 0.05) is 24.7 Å². The van der Waals surface area contributed by atoms with E-state index in [1.807, 2.05) is 6.92 Å². The smallest absolute Gasteiger partial charge is 0.311 e. The first-order valence-electron chi connectivity index (χ1n) is 6.31. The van der Waals surface area contributed by atoms with Crippen molar-refractivity contribution >= 4 is 5.97 Å². The molecule has 0 radical (unpaired) electrons. The van der Waals surface area contributed by atoms with Crippen LogP contribution in [-0.2, 0) is 11.8 Å². The number of esters is 1. The van der Waals surface area contributed by atoms with Crippen molar-refractivity contribution in [2.75, 3.05) is 0 Å². The van der Waals surface area contributed by atoms with E-state index in [1.54, 1.807) is 17.7 Å². The Morgan fingerprint density at radius 1 is 1.44 bits per heavy atom. The van der Waals surface area contributed by atoms with Gasteiger partial charge in [0.2, 0.25) is 0 Å². The normalized spacial score (nSPS) is 18.7. The van der Waals surface area contributed by atoms with Crippen LogP contribution >= 0.6 is 0 Å². The molecule has 18 heavy (non-hydrogen) atoms. The summed E-state index contributed by atoms with van der Waals surface area (Å²) >= 11 is 0. The van der Waals surface area contributed by atoms with E-state index >= 15 is 0 Å². The standard InChI is InChI=1S/C14H19NO3/c1-8(2)5-10-7-12(16)18-11-6-9(3)15(4)14(17)13(10)11/h6,8,10H,5,7H2,1-4H3. The third-order valence-corrected chi connectivity index (χ3v) is 3.47. The van der Waals surface area contributed by atoms with Gasteiger partial charge < -0.3 is 9.30 Å². The minimum atomic E-state index is -0.235. The first-order valence-corrected chi connectivity index (χ1v) is 6.31. The molecule has 0 spiro atoms. The zero-order valence-corrected chi connectivity index (χ0v) is 11.3. The number of nitrogens with zero attached hydrogens (tertiary/aromatic N) is 1. The number of aryl methyl sites for hydroxylation is 1. The van der Waals surface area contributed by atoms with Crippen molar-refractivity contribution in [2.24, 2.45) is 13.0 Å². The average molecular weight is 249 g/mol. The van der Waals surface area contributed by atoms with E-state index in [-0.39, 0.29) is 17.4 Å². The van der Waals surface area contributed by atoms with Crippen molar-refractivity contribution in [1.29, 1.82) is 0 Å². The third-order valence-electron chi connectivity index (χ3n) is 3.47. The van der Waals surface area contributed by atoms with Crippen LogP contribution in [0.4, 0.5) is 0 Å². The number of rotatable bonds is 2. The fourth-order valence-corrected chi connectivity index (χ4v) is 2.51. The summed E-state index contributed by atoms with van der Waals surface area (Å²) in [5.74, 6) is 0.651. The van der Waals surface area contributed by atoms with Crippen molar-refractivity contribution < 1.29 is 9.53 Å². The molecule has 0 amide bonds. The second kappa shape index (κ2) is 4.59. The first-order chi connectivity index (χ1) is 8.40. The minimum absolute atomic E-state index is 0.0134. The Balaban J connectivity index is 2.56. The summed E-state index contributed by atoms with van der Waals surface area (Å²) in [6, 6.07) is 1.78. The van der Waals surface area contributed by atoms with Crippen LogP contribution in [0.2, 0.25) is 0 Å². The first kappa shape index (κ1) is 12.9. The maximum Gasteiger partial charge on any atom is 0.311 e. The topological polar surface area (TPSA) is 48.3 Å². The Kier molecular flexibility index (Phi) is 3.28. The monoisotopic (exact) mass is 249 g/mol. The molecule has 0 aliphatic carbocycles. The predicted octanol–water partition coefficient (Wildman–Crippen LogP) is 2.13. The van der Waals surface area contributed by atoms with Gasteiger partial charge in [-0.25, -0.2) is 0 Å². The highest BCUT2D eigenvalue weighted by Crippen LogP contribution is 2.35. The quantitative estimate of drug-likeness (QED) is 0.754. The summed E-state index contributed by atoms with van der Waals surface area (Å²) in [7, 11) is 1.75. The van der Waals surface area contributed by atoms with Gasteiger partial charge in [-0.2, -0.15) is 0 Å². The molecule has 4 heteroatoms. The molecule has 98 valence electrons. The van der Waals surface area contributed by atoms with E-state index in [2.05, 4.69) is 13.8 Å². The van der Waals surface area contributed by atoms with Crippen molar-refractivity contribution in [1.82, 2.24) is 4.57 Å². The zero-order chi connectivity index (χ0) is 13.4. The van der Waals surface area contributed by atoms with Crippen LogP contribution in [0.1, 0.15) is 43.9 Å². The van der Waals surface area contributed by atoms with Crippen molar-refractivity contribution in [3.63, 3.8) is 0 Å². The van der Waals surface area contributed by atoms with Gasteiger partial charge in [-0.3, -0.25) is 9.59 Å². The van der Waals surface area contributed by atoms with Gasteiger partial charge in [0.15, 0.2) is 0 Å². The lowest BCUT2D eigenvalue weighted by molar-refractivity contribution is -0.136. The van der Waals surface area contributed by atoms with Crippen LogP contribution in [0, 0.1) is 12.8 Å². The molecule has 0 aromatic carbocycles. The number of aromatic nitrogens is 1. The van der Waals surface area contributed by atoms with E-state index in [1.165, 1.54) is 0 Å². The van der Waals surface area contributed by atoms with Crippen LogP contribution in [0.15, 0.2) is 10.9 Å². The number of pyridine rings is 1. The molecule has 1 atom stereocenters. The molecule has 0 saturated heterocycles. The van der Waals surface area contributed by atoms with E-state index in [0.717, 1.165) is 12.1 Å². The maximum atomic E-state index is 12.3. The molecule has 1 aliphatic rings. The lowest BCUT2D eigenvalue weighted by Crippen LogP contribution is -2.32. The van der Waals surface area contributed by atoms with Gasteiger partial charge in [-0.1, -0.05) is 13.8 Å². The Morgan fingerprint density at radius 2 is 2.11 bits per heavy atom. The Morgan fingerprint density at radius 3 is 2.72 bits per heavy atom. The van der Waals surface area contributed by atoms with Crippen molar-refractivity contribution in [3.05, 3.63) is 27.7 Å². The fraction of sp³-hybridized carbons (Fsp3) is 0.571.